The number of hydrogen-bond donors (Lipinski definition) is 1. The average molecular weight is 423 g/mol. The van der Waals surface area contributed by atoms with Gasteiger partial charge in [0.25, 0.3) is 5.91 Å². The molecule has 1 fully saturated rings. The van der Waals surface area contributed by atoms with Gasteiger partial charge in [0.2, 0.25) is 5.43 Å². The number of nitrogens with one attached hydrogen (secondary N) is 1. The van der Waals surface area contributed by atoms with Crippen molar-refractivity contribution >= 4 is 17.5 Å². The van der Waals surface area contributed by atoms with Crippen molar-refractivity contribution in [1.29, 1.82) is 0 Å². The summed E-state index contributed by atoms with van der Waals surface area (Å²) in [7, 11) is 0. The summed E-state index contributed by atoms with van der Waals surface area (Å²) in [6.07, 6.45) is 0.843. The molecule has 0 saturated carbocycles. The minimum atomic E-state index is -0.436. The fourth-order valence-corrected chi connectivity index (χ4v) is 3.86. The van der Waals surface area contributed by atoms with Crippen LogP contribution in [-0.2, 0) is 6.54 Å². The van der Waals surface area contributed by atoms with Gasteiger partial charge < -0.3 is 5.32 Å². The van der Waals surface area contributed by atoms with E-state index < -0.39 is 5.91 Å². The van der Waals surface area contributed by atoms with E-state index in [2.05, 4.69) is 27.4 Å². The number of hydrogen-bond acceptors (Lipinski definition) is 4. The second-order valence-corrected chi connectivity index (χ2v) is 8.00. The van der Waals surface area contributed by atoms with Gasteiger partial charge in [-0.25, -0.2) is 4.68 Å². The van der Waals surface area contributed by atoms with Crippen LogP contribution in [0.4, 0.5) is 0 Å². The van der Waals surface area contributed by atoms with E-state index in [1.54, 1.807) is 35.9 Å². The zero-order chi connectivity index (χ0) is 21.1. The van der Waals surface area contributed by atoms with Crippen LogP contribution in [0.25, 0.3) is 5.69 Å². The van der Waals surface area contributed by atoms with Crippen LogP contribution in [0.5, 0.6) is 0 Å². The van der Waals surface area contributed by atoms with Gasteiger partial charge in [0.05, 0.1) is 5.69 Å². The summed E-state index contributed by atoms with van der Waals surface area (Å²) >= 11 is 5.96. The Balaban J connectivity index is 1.46. The quantitative estimate of drug-likeness (QED) is 0.685. The summed E-state index contributed by atoms with van der Waals surface area (Å²) in [4.78, 5) is 27.5. The molecule has 30 heavy (non-hydrogen) atoms. The maximum Gasteiger partial charge on any atom is 0.276 e. The topological polar surface area (TPSA) is 67.2 Å². The number of halogens is 1. The molecule has 4 rings (SSSR count). The number of benzene rings is 2. The number of amides is 1. The number of carbonyl (C=O) groups excluding carboxylic acids is 1. The minimum absolute atomic E-state index is 0.00676. The third-order valence-corrected chi connectivity index (χ3v) is 5.50. The maximum absolute atomic E-state index is 12.8. The van der Waals surface area contributed by atoms with Gasteiger partial charge in [0, 0.05) is 42.5 Å². The molecule has 0 bridgehead atoms. The molecular weight excluding hydrogens is 400 g/mol. The van der Waals surface area contributed by atoms with Crippen molar-refractivity contribution in [2.45, 2.75) is 25.9 Å². The highest BCUT2D eigenvalue weighted by molar-refractivity contribution is 6.30. The number of aryl methyl sites for hydroxylation is 1. The van der Waals surface area contributed by atoms with Crippen molar-refractivity contribution in [2.24, 2.45) is 0 Å². The normalized spacial score (nSPS) is 16.5. The van der Waals surface area contributed by atoms with Gasteiger partial charge in [-0.05, 0) is 43.2 Å². The van der Waals surface area contributed by atoms with Crippen LogP contribution in [0.2, 0.25) is 5.02 Å². The standard InChI is InChI=1S/C23H23ClN4O2/c1-16-13-21(29)22(26-28(16)20-9-7-18(24)8-10-20)23(30)25-19-11-12-27(15-19)14-17-5-3-2-4-6-17/h2-10,13,19H,11-12,14-15H2,1H3,(H,25,30)/t19-/m0/s1. The van der Waals surface area contributed by atoms with Crippen LogP contribution < -0.4 is 10.7 Å². The Morgan fingerprint density at radius 2 is 1.90 bits per heavy atom. The summed E-state index contributed by atoms with van der Waals surface area (Å²) in [5.41, 5.74) is 2.15. The first kappa shape index (κ1) is 20.3. The lowest BCUT2D eigenvalue weighted by Crippen LogP contribution is -2.40. The molecule has 1 N–H and O–H groups in total. The minimum Gasteiger partial charge on any atom is -0.346 e. The van der Waals surface area contributed by atoms with Crippen molar-refractivity contribution in [3.8, 4) is 5.69 Å². The van der Waals surface area contributed by atoms with Crippen LogP contribution in [0, 0.1) is 6.92 Å². The van der Waals surface area contributed by atoms with Gasteiger partial charge in [0.15, 0.2) is 5.69 Å². The number of aromatic nitrogens is 2. The molecule has 3 aromatic rings. The molecule has 6 nitrogen and oxygen atoms in total. The Bertz CT molecular complexity index is 1100. The Hall–Kier alpha value is -2.96. The number of rotatable bonds is 5. The molecule has 1 atom stereocenters. The van der Waals surface area contributed by atoms with Crippen molar-refractivity contribution in [2.75, 3.05) is 13.1 Å². The summed E-state index contributed by atoms with van der Waals surface area (Å²) in [5, 5.41) is 7.93. The lowest BCUT2D eigenvalue weighted by molar-refractivity contribution is 0.0929. The van der Waals surface area contributed by atoms with E-state index in [-0.39, 0.29) is 17.2 Å². The van der Waals surface area contributed by atoms with E-state index in [0.29, 0.717) is 10.7 Å². The van der Waals surface area contributed by atoms with E-state index >= 15 is 0 Å². The number of likely N-dealkylation sites (tertiary alicyclic amines) is 1. The lowest BCUT2D eigenvalue weighted by atomic mass is 10.2. The summed E-state index contributed by atoms with van der Waals surface area (Å²) < 4.78 is 1.59. The fraction of sp³-hybridized carbons (Fsp3) is 0.261. The van der Waals surface area contributed by atoms with Crippen molar-refractivity contribution in [1.82, 2.24) is 20.0 Å². The van der Waals surface area contributed by atoms with Crippen LogP contribution in [0.15, 0.2) is 65.5 Å². The van der Waals surface area contributed by atoms with Crippen LogP contribution in [-0.4, -0.2) is 39.7 Å². The Labute approximate surface area is 180 Å². The zero-order valence-electron chi connectivity index (χ0n) is 16.7. The van der Waals surface area contributed by atoms with Crippen molar-refractivity contribution in [3.63, 3.8) is 0 Å². The van der Waals surface area contributed by atoms with E-state index in [1.165, 1.54) is 11.6 Å². The van der Waals surface area contributed by atoms with Crippen LogP contribution in [0.3, 0.4) is 0 Å². The summed E-state index contributed by atoms with van der Waals surface area (Å²) in [6, 6.07) is 18.8. The first-order chi connectivity index (χ1) is 14.5. The summed E-state index contributed by atoms with van der Waals surface area (Å²) in [5.74, 6) is -0.436. The molecule has 1 aliphatic heterocycles. The maximum atomic E-state index is 12.8. The van der Waals surface area contributed by atoms with E-state index in [9.17, 15) is 9.59 Å². The molecule has 1 aromatic heterocycles. The number of carbonyl (C=O) groups is 1. The molecule has 0 aliphatic carbocycles. The molecule has 1 aliphatic rings. The van der Waals surface area contributed by atoms with Crippen LogP contribution >= 0.6 is 11.6 Å². The first-order valence-electron chi connectivity index (χ1n) is 9.93. The average Bonchev–Trinajstić information content (AvgIpc) is 3.16. The monoisotopic (exact) mass is 422 g/mol. The SMILES string of the molecule is Cc1cc(=O)c(C(=O)N[C@H]2CCN(Cc3ccccc3)C2)nn1-c1ccc(Cl)cc1. The third-order valence-electron chi connectivity index (χ3n) is 5.25. The van der Waals surface area contributed by atoms with Gasteiger partial charge in [-0.1, -0.05) is 41.9 Å². The Morgan fingerprint density at radius 3 is 2.63 bits per heavy atom. The predicted octanol–water partition coefficient (Wildman–Crippen LogP) is 3.20. The first-order valence-corrected chi connectivity index (χ1v) is 10.3. The molecular formula is C23H23ClN4O2. The number of nitrogens with zero attached hydrogens (tertiary/aromatic N) is 3. The second-order valence-electron chi connectivity index (χ2n) is 7.57. The van der Waals surface area contributed by atoms with Crippen molar-refractivity contribution in [3.05, 3.63) is 92.9 Å². The zero-order valence-corrected chi connectivity index (χ0v) is 17.5. The Morgan fingerprint density at radius 1 is 1.17 bits per heavy atom. The predicted molar refractivity (Wildman–Crippen MR) is 117 cm³/mol. The molecule has 1 saturated heterocycles. The van der Waals surface area contributed by atoms with Gasteiger partial charge in [-0.3, -0.25) is 14.5 Å². The highest BCUT2D eigenvalue weighted by Gasteiger charge is 2.26. The third kappa shape index (κ3) is 4.61. The molecule has 154 valence electrons. The van der Waals surface area contributed by atoms with Gasteiger partial charge >= 0.3 is 0 Å². The Kier molecular flexibility index (Phi) is 5.97. The van der Waals surface area contributed by atoms with Crippen LogP contribution in [0.1, 0.15) is 28.2 Å². The van der Waals surface area contributed by atoms with Gasteiger partial charge in [0.1, 0.15) is 0 Å². The second kappa shape index (κ2) is 8.81. The molecule has 1 amide bonds. The highest BCUT2D eigenvalue weighted by atomic mass is 35.5. The molecule has 0 spiro atoms. The van der Waals surface area contributed by atoms with Crippen molar-refractivity contribution < 1.29 is 4.79 Å². The smallest absolute Gasteiger partial charge is 0.276 e. The molecule has 2 heterocycles. The van der Waals surface area contributed by atoms with Gasteiger partial charge in [-0.2, -0.15) is 5.10 Å². The molecule has 0 unspecified atom stereocenters. The molecule has 7 heteroatoms. The van der Waals surface area contributed by atoms with E-state index in [4.69, 9.17) is 11.6 Å². The molecule has 2 aromatic carbocycles. The largest absolute Gasteiger partial charge is 0.346 e. The highest BCUT2D eigenvalue weighted by Crippen LogP contribution is 2.15. The van der Waals surface area contributed by atoms with E-state index in [1.807, 2.05) is 18.2 Å². The molecule has 0 radical (unpaired) electrons. The lowest BCUT2D eigenvalue weighted by Gasteiger charge is -2.17. The summed E-state index contributed by atoms with van der Waals surface area (Å²) in [6.45, 7) is 4.27. The fourth-order valence-electron chi connectivity index (χ4n) is 3.74. The van der Waals surface area contributed by atoms with E-state index in [0.717, 1.165) is 31.7 Å². The van der Waals surface area contributed by atoms with Gasteiger partial charge in [-0.15, -0.1) is 0 Å².